The fourth-order valence-corrected chi connectivity index (χ4v) is 2.35. The van der Waals surface area contributed by atoms with E-state index in [1.165, 1.54) is 0 Å². The monoisotopic (exact) mass is 345 g/mol. The van der Waals surface area contributed by atoms with Crippen molar-refractivity contribution in [1.29, 1.82) is 0 Å². The predicted octanol–water partition coefficient (Wildman–Crippen LogP) is 3.76. The van der Waals surface area contributed by atoms with Crippen LogP contribution >= 0.6 is 27.5 Å². The molecule has 2 rings (SSSR count). The third-order valence-corrected chi connectivity index (χ3v) is 3.49. The molecule has 1 aromatic heterocycles. The zero-order valence-electron chi connectivity index (χ0n) is 10.4. The van der Waals surface area contributed by atoms with Crippen molar-refractivity contribution in [3.8, 4) is 11.5 Å². The molecule has 6 heteroatoms. The van der Waals surface area contributed by atoms with E-state index in [0.29, 0.717) is 32.5 Å². The zero-order chi connectivity index (χ0) is 14.0. The topological polar surface area (TPSA) is 57.6 Å². The fraction of sp³-hybridized carbons (Fsp3) is 0.231. The van der Waals surface area contributed by atoms with Crippen molar-refractivity contribution in [3.63, 3.8) is 0 Å². The minimum Gasteiger partial charge on any atom is -0.493 e. The summed E-state index contributed by atoms with van der Waals surface area (Å²) in [4.78, 5) is 0. The van der Waals surface area contributed by atoms with Crippen LogP contribution in [-0.4, -0.2) is 14.2 Å². The summed E-state index contributed by atoms with van der Waals surface area (Å²) in [5.74, 6) is 1.74. The van der Waals surface area contributed by atoms with Gasteiger partial charge in [-0.3, -0.25) is 0 Å². The first kappa shape index (κ1) is 14.2. The lowest BCUT2D eigenvalue weighted by Gasteiger charge is -2.15. The van der Waals surface area contributed by atoms with Gasteiger partial charge >= 0.3 is 0 Å². The SMILES string of the molecule is COc1cc(Cl)c(C(N)c2ccc(Br)o2)cc1OC. The van der Waals surface area contributed by atoms with Gasteiger partial charge in [-0.25, -0.2) is 0 Å². The zero-order valence-corrected chi connectivity index (χ0v) is 12.8. The Labute approximate surface area is 124 Å². The van der Waals surface area contributed by atoms with Crippen molar-refractivity contribution in [2.75, 3.05) is 14.2 Å². The van der Waals surface area contributed by atoms with E-state index in [4.69, 9.17) is 31.2 Å². The molecule has 1 aromatic carbocycles. The maximum atomic E-state index is 6.22. The lowest BCUT2D eigenvalue weighted by atomic mass is 10.0. The first-order valence-corrected chi connectivity index (χ1v) is 6.66. The molecule has 0 aliphatic heterocycles. The highest BCUT2D eigenvalue weighted by atomic mass is 79.9. The van der Waals surface area contributed by atoms with Crippen molar-refractivity contribution in [2.24, 2.45) is 5.73 Å². The average molecular weight is 347 g/mol. The number of nitrogens with two attached hydrogens (primary N) is 1. The third-order valence-electron chi connectivity index (χ3n) is 2.74. The number of hydrogen-bond acceptors (Lipinski definition) is 4. The Morgan fingerprint density at radius 1 is 1.21 bits per heavy atom. The first-order chi connectivity index (χ1) is 9.06. The average Bonchev–Trinajstić information content (AvgIpc) is 2.84. The van der Waals surface area contributed by atoms with Crippen molar-refractivity contribution in [2.45, 2.75) is 6.04 Å². The Hall–Kier alpha value is -1.17. The summed E-state index contributed by atoms with van der Waals surface area (Å²) in [6, 6.07) is 6.53. The van der Waals surface area contributed by atoms with Crippen LogP contribution in [0.4, 0.5) is 0 Å². The molecule has 0 fully saturated rings. The van der Waals surface area contributed by atoms with Gasteiger partial charge in [0.2, 0.25) is 0 Å². The van der Waals surface area contributed by atoms with E-state index in [-0.39, 0.29) is 0 Å². The Morgan fingerprint density at radius 3 is 2.37 bits per heavy atom. The molecule has 0 spiro atoms. The Bertz CT molecular complexity index is 585. The number of furan rings is 1. The molecule has 0 bridgehead atoms. The molecular formula is C13H13BrClNO3. The van der Waals surface area contributed by atoms with E-state index in [0.717, 1.165) is 0 Å². The van der Waals surface area contributed by atoms with Gasteiger partial charge in [0.15, 0.2) is 16.2 Å². The van der Waals surface area contributed by atoms with Gasteiger partial charge in [-0.05, 0) is 39.7 Å². The van der Waals surface area contributed by atoms with Crippen LogP contribution in [0.15, 0.2) is 33.4 Å². The standard InChI is InChI=1S/C13H13BrClNO3/c1-17-10-5-7(8(15)6-11(10)18-2)13(16)9-3-4-12(14)19-9/h3-6,13H,16H2,1-2H3. The Morgan fingerprint density at radius 2 is 1.84 bits per heavy atom. The van der Waals surface area contributed by atoms with Crippen molar-refractivity contribution >= 4 is 27.5 Å². The van der Waals surface area contributed by atoms with E-state index in [9.17, 15) is 0 Å². The highest BCUT2D eigenvalue weighted by molar-refractivity contribution is 9.10. The maximum absolute atomic E-state index is 6.22. The summed E-state index contributed by atoms with van der Waals surface area (Å²) in [5.41, 5.74) is 6.86. The molecule has 2 aromatic rings. The summed E-state index contributed by atoms with van der Waals surface area (Å²) < 4.78 is 16.5. The number of hydrogen-bond donors (Lipinski definition) is 1. The Balaban J connectivity index is 2.44. The molecule has 0 saturated carbocycles. The highest BCUT2D eigenvalue weighted by Gasteiger charge is 2.19. The molecule has 1 heterocycles. The molecule has 2 N–H and O–H groups in total. The van der Waals surface area contributed by atoms with E-state index < -0.39 is 6.04 Å². The minimum absolute atomic E-state index is 0.474. The van der Waals surface area contributed by atoms with Crippen LogP contribution < -0.4 is 15.2 Å². The molecule has 0 aliphatic carbocycles. The number of ether oxygens (including phenoxy) is 2. The lowest BCUT2D eigenvalue weighted by Crippen LogP contribution is -2.12. The second-order valence-corrected chi connectivity index (χ2v) is 5.04. The smallest absolute Gasteiger partial charge is 0.169 e. The van der Waals surface area contributed by atoms with Crippen LogP contribution in [0.2, 0.25) is 5.02 Å². The van der Waals surface area contributed by atoms with Gasteiger partial charge in [-0.2, -0.15) is 0 Å². The maximum Gasteiger partial charge on any atom is 0.169 e. The van der Waals surface area contributed by atoms with Gasteiger partial charge in [0.25, 0.3) is 0 Å². The summed E-state index contributed by atoms with van der Waals surface area (Å²) in [6.07, 6.45) is 0. The minimum atomic E-state index is -0.474. The number of halogens is 2. The van der Waals surface area contributed by atoms with Gasteiger partial charge in [-0.1, -0.05) is 11.6 Å². The van der Waals surface area contributed by atoms with Crippen molar-refractivity contribution in [3.05, 3.63) is 45.3 Å². The van der Waals surface area contributed by atoms with Crippen LogP contribution in [0, 0.1) is 0 Å². The van der Waals surface area contributed by atoms with E-state index >= 15 is 0 Å². The molecule has 102 valence electrons. The normalized spacial score (nSPS) is 12.3. The van der Waals surface area contributed by atoms with Gasteiger partial charge < -0.3 is 19.6 Å². The van der Waals surface area contributed by atoms with Crippen LogP contribution in [0.1, 0.15) is 17.4 Å². The van der Waals surface area contributed by atoms with Gasteiger partial charge in [0.05, 0.1) is 20.3 Å². The van der Waals surface area contributed by atoms with E-state index in [1.54, 1.807) is 38.5 Å². The predicted molar refractivity (Wildman–Crippen MR) is 77.0 cm³/mol. The molecule has 19 heavy (non-hydrogen) atoms. The number of rotatable bonds is 4. The fourth-order valence-electron chi connectivity index (χ4n) is 1.76. The lowest BCUT2D eigenvalue weighted by molar-refractivity contribution is 0.354. The second kappa shape index (κ2) is 5.86. The van der Waals surface area contributed by atoms with Gasteiger partial charge in [-0.15, -0.1) is 0 Å². The quantitative estimate of drug-likeness (QED) is 0.916. The number of methoxy groups -OCH3 is 2. The molecule has 0 saturated heterocycles. The largest absolute Gasteiger partial charge is 0.493 e. The second-order valence-electron chi connectivity index (χ2n) is 3.85. The molecule has 0 aliphatic rings. The number of benzene rings is 1. The summed E-state index contributed by atoms with van der Waals surface area (Å²) >= 11 is 9.46. The van der Waals surface area contributed by atoms with Crippen molar-refractivity contribution < 1.29 is 13.9 Å². The van der Waals surface area contributed by atoms with Crippen LogP contribution in [-0.2, 0) is 0 Å². The molecule has 1 unspecified atom stereocenters. The molecular weight excluding hydrogens is 334 g/mol. The van der Waals surface area contributed by atoms with E-state index in [2.05, 4.69) is 15.9 Å². The van der Waals surface area contributed by atoms with Crippen LogP contribution in [0.5, 0.6) is 11.5 Å². The summed E-state index contributed by atoms with van der Waals surface area (Å²) in [7, 11) is 3.11. The molecule has 0 radical (unpaired) electrons. The first-order valence-electron chi connectivity index (χ1n) is 5.49. The Kier molecular flexibility index (Phi) is 4.39. The summed E-state index contributed by atoms with van der Waals surface area (Å²) in [6.45, 7) is 0. The van der Waals surface area contributed by atoms with E-state index in [1.807, 2.05) is 0 Å². The molecule has 4 nitrogen and oxygen atoms in total. The van der Waals surface area contributed by atoms with Crippen molar-refractivity contribution in [1.82, 2.24) is 0 Å². The molecule has 1 atom stereocenters. The van der Waals surface area contributed by atoms with Crippen LogP contribution in [0.25, 0.3) is 0 Å². The molecule has 0 amide bonds. The van der Waals surface area contributed by atoms with Gasteiger partial charge in [0, 0.05) is 11.1 Å². The third kappa shape index (κ3) is 2.88. The van der Waals surface area contributed by atoms with Gasteiger partial charge in [0.1, 0.15) is 5.76 Å². The summed E-state index contributed by atoms with van der Waals surface area (Å²) in [5, 5.41) is 0.498. The highest BCUT2D eigenvalue weighted by Crippen LogP contribution is 2.37. The van der Waals surface area contributed by atoms with Crippen LogP contribution in [0.3, 0.4) is 0 Å².